The molecule has 2 atom stereocenters. The third-order valence-electron chi connectivity index (χ3n) is 4.56. The zero-order chi connectivity index (χ0) is 15.5. The predicted octanol–water partition coefficient (Wildman–Crippen LogP) is 1.33. The number of carbonyl (C=O) groups excluding carboxylic acids is 1. The molecule has 0 aliphatic carbocycles. The van der Waals surface area contributed by atoms with E-state index in [0.29, 0.717) is 25.6 Å². The molecule has 0 spiro atoms. The number of likely N-dealkylation sites (tertiary alicyclic amines) is 1. The first kappa shape index (κ1) is 15.2. The van der Waals surface area contributed by atoms with Gasteiger partial charge in [0, 0.05) is 13.0 Å². The van der Waals surface area contributed by atoms with Crippen LogP contribution in [0, 0.1) is 5.92 Å². The van der Waals surface area contributed by atoms with Gasteiger partial charge in [0.1, 0.15) is 0 Å². The van der Waals surface area contributed by atoms with Crippen molar-refractivity contribution < 1.29 is 9.90 Å². The highest BCUT2D eigenvalue weighted by Gasteiger charge is 2.28. The monoisotopic (exact) mass is 301 g/mol. The zero-order valence-electron chi connectivity index (χ0n) is 13.0. The molecule has 1 aromatic carbocycles. The van der Waals surface area contributed by atoms with Crippen LogP contribution >= 0.6 is 0 Å². The van der Waals surface area contributed by atoms with Gasteiger partial charge in [-0.2, -0.15) is 5.10 Å². The third-order valence-corrected chi connectivity index (χ3v) is 4.56. The molecule has 0 aromatic heterocycles. The summed E-state index contributed by atoms with van der Waals surface area (Å²) in [4.78, 5) is 14.4. The van der Waals surface area contributed by atoms with E-state index in [1.165, 1.54) is 0 Å². The Balaban J connectivity index is 1.59. The summed E-state index contributed by atoms with van der Waals surface area (Å²) in [6.07, 6.45) is 1.41. The quantitative estimate of drug-likeness (QED) is 0.916. The fourth-order valence-electron chi connectivity index (χ4n) is 3.00. The van der Waals surface area contributed by atoms with Crippen LogP contribution in [-0.2, 0) is 4.79 Å². The second-order valence-corrected chi connectivity index (χ2v) is 6.25. The van der Waals surface area contributed by atoms with Gasteiger partial charge >= 0.3 is 0 Å². The Hall–Kier alpha value is -1.72. The molecule has 2 aliphatic rings. The molecule has 1 aromatic rings. The van der Waals surface area contributed by atoms with Crippen LogP contribution in [0.25, 0.3) is 0 Å². The van der Waals surface area contributed by atoms with Gasteiger partial charge in [-0.3, -0.25) is 9.69 Å². The summed E-state index contributed by atoms with van der Waals surface area (Å²) in [6.45, 7) is 4.50. The average Bonchev–Trinajstić information content (AvgIpc) is 3.02. The van der Waals surface area contributed by atoms with Crippen LogP contribution in [0.5, 0.6) is 0 Å². The Morgan fingerprint density at radius 2 is 2.09 bits per heavy atom. The standard InChI is InChI=1S/C17H23N3O2/c1-13-7-9-19(11-16(13)21)12-17(22)20-10-8-15(18-20)14-5-3-2-4-6-14/h2-6,13,16,21H,7-12H2,1H3. The molecule has 2 heterocycles. The number of nitrogens with zero attached hydrogens (tertiary/aromatic N) is 3. The molecule has 1 fully saturated rings. The van der Waals surface area contributed by atoms with E-state index in [1.807, 2.05) is 35.2 Å². The largest absolute Gasteiger partial charge is 0.392 e. The van der Waals surface area contributed by atoms with Gasteiger partial charge in [-0.15, -0.1) is 0 Å². The van der Waals surface area contributed by atoms with E-state index >= 15 is 0 Å². The average molecular weight is 301 g/mol. The van der Waals surface area contributed by atoms with Gasteiger partial charge in [0.05, 0.1) is 24.9 Å². The van der Waals surface area contributed by atoms with E-state index in [0.717, 1.165) is 30.7 Å². The summed E-state index contributed by atoms with van der Waals surface area (Å²) in [5, 5.41) is 16.0. The lowest BCUT2D eigenvalue weighted by atomic mass is 9.96. The highest BCUT2D eigenvalue weighted by atomic mass is 16.3. The maximum Gasteiger partial charge on any atom is 0.256 e. The van der Waals surface area contributed by atoms with Gasteiger partial charge < -0.3 is 5.11 Å². The van der Waals surface area contributed by atoms with Crippen LogP contribution < -0.4 is 0 Å². The topological polar surface area (TPSA) is 56.1 Å². The van der Waals surface area contributed by atoms with Gasteiger partial charge in [-0.1, -0.05) is 37.3 Å². The Bertz CT molecular complexity index is 558. The van der Waals surface area contributed by atoms with Crippen molar-refractivity contribution in [3.05, 3.63) is 35.9 Å². The van der Waals surface area contributed by atoms with E-state index in [1.54, 1.807) is 5.01 Å². The van der Waals surface area contributed by atoms with Crippen molar-refractivity contribution >= 4 is 11.6 Å². The maximum atomic E-state index is 12.4. The lowest BCUT2D eigenvalue weighted by Gasteiger charge is -2.34. The summed E-state index contributed by atoms with van der Waals surface area (Å²) >= 11 is 0. The number of aliphatic hydroxyl groups is 1. The first-order valence-electron chi connectivity index (χ1n) is 7.97. The van der Waals surface area contributed by atoms with Crippen molar-refractivity contribution in [1.82, 2.24) is 9.91 Å². The van der Waals surface area contributed by atoms with Crippen molar-refractivity contribution in [2.24, 2.45) is 11.0 Å². The minimum Gasteiger partial charge on any atom is -0.392 e. The van der Waals surface area contributed by atoms with Gasteiger partial charge in [0.15, 0.2) is 0 Å². The Morgan fingerprint density at radius 3 is 2.82 bits per heavy atom. The van der Waals surface area contributed by atoms with Gasteiger partial charge in [-0.05, 0) is 24.4 Å². The summed E-state index contributed by atoms with van der Waals surface area (Å²) in [6, 6.07) is 9.99. The molecule has 1 amide bonds. The van der Waals surface area contributed by atoms with Crippen molar-refractivity contribution in [3.8, 4) is 0 Å². The summed E-state index contributed by atoms with van der Waals surface area (Å²) in [5.74, 6) is 0.341. The maximum absolute atomic E-state index is 12.4. The molecular weight excluding hydrogens is 278 g/mol. The number of amides is 1. The fourth-order valence-corrected chi connectivity index (χ4v) is 3.00. The fraction of sp³-hybridized carbons (Fsp3) is 0.529. The molecular formula is C17H23N3O2. The molecule has 5 nitrogen and oxygen atoms in total. The first-order chi connectivity index (χ1) is 10.6. The van der Waals surface area contributed by atoms with Crippen LogP contribution in [-0.4, -0.2) is 58.9 Å². The number of hydrazone groups is 1. The van der Waals surface area contributed by atoms with Gasteiger partial charge in [0.25, 0.3) is 5.91 Å². The van der Waals surface area contributed by atoms with Crippen molar-refractivity contribution in [1.29, 1.82) is 0 Å². The number of β-amino-alcohol motifs (C(OH)–C–C–N with tert-alkyl or cyclic N) is 1. The van der Waals surface area contributed by atoms with Crippen LogP contribution in [0.3, 0.4) is 0 Å². The summed E-state index contributed by atoms with van der Waals surface area (Å²) < 4.78 is 0. The molecule has 0 bridgehead atoms. The Kier molecular flexibility index (Phi) is 4.55. The predicted molar refractivity (Wildman–Crippen MR) is 85.5 cm³/mol. The normalized spacial score (nSPS) is 26.1. The lowest BCUT2D eigenvalue weighted by molar-refractivity contribution is -0.133. The molecule has 1 N–H and O–H groups in total. The Morgan fingerprint density at radius 1 is 1.32 bits per heavy atom. The highest BCUT2D eigenvalue weighted by Crippen LogP contribution is 2.18. The van der Waals surface area contributed by atoms with E-state index in [4.69, 9.17) is 0 Å². The number of benzene rings is 1. The number of hydrogen-bond donors (Lipinski definition) is 1. The van der Waals surface area contributed by atoms with Gasteiger partial charge in [0.2, 0.25) is 0 Å². The number of carbonyl (C=O) groups is 1. The van der Waals surface area contributed by atoms with Crippen molar-refractivity contribution in [2.75, 3.05) is 26.2 Å². The number of rotatable bonds is 3. The molecule has 0 radical (unpaired) electrons. The van der Waals surface area contributed by atoms with Crippen molar-refractivity contribution in [2.45, 2.75) is 25.9 Å². The molecule has 22 heavy (non-hydrogen) atoms. The molecule has 2 unspecified atom stereocenters. The number of piperidine rings is 1. The zero-order valence-corrected chi connectivity index (χ0v) is 13.0. The van der Waals surface area contributed by atoms with Crippen LogP contribution in [0.2, 0.25) is 0 Å². The van der Waals surface area contributed by atoms with Crippen molar-refractivity contribution in [3.63, 3.8) is 0 Å². The molecule has 3 rings (SSSR count). The van der Waals surface area contributed by atoms with Crippen LogP contribution in [0.1, 0.15) is 25.3 Å². The van der Waals surface area contributed by atoms with E-state index in [-0.39, 0.29) is 12.0 Å². The Labute approximate surface area is 131 Å². The molecule has 1 saturated heterocycles. The van der Waals surface area contributed by atoms with Gasteiger partial charge in [-0.25, -0.2) is 5.01 Å². The lowest BCUT2D eigenvalue weighted by Crippen LogP contribution is -2.46. The molecule has 2 aliphatic heterocycles. The second kappa shape index (κ2) is 6.58. The third kappa shape index (κ3) is 3.36. The summed E-state index contributed by atoms with van der Waals surface area (Å²) in [5.41, 5.74) is 2.06. The van der Waals surface area contributed by atoms with E-state index in [2.05, 4.69) is 12.0 Å². The highest BCUT2D eigenvalue weighted by molar-refractivity contribution is 6.02. The first-order valence-corrected chi connectivity index (χ1v) is 7.97. The SMILES string of the molecule is CC1CCN(CC(=O)N2CCC(c3ccccc3)=N2)CC1O. The molecule has 5 heteroatoms. The smallest absolute Gasteiger partial charge is 0.256 e. The van der Waals surface area contributed by atoms with Crippen LogP contribution in [0.4, 0.5) is 0 Å². The minimum atomic E-state index is -0.330. The summed E-state index contributed by atoms with van der Waals surface area (Å²) in [7, 11) is 0. The van der Waals surface area contributed by atoms with Crippen LogP contribution in [0.15, 0.2) is 35.4 Å². The molecule has 0 saturated carbocycles. The number of hydrogen-bond acceptors (Lipinski definition) is 4. The molecule has 118 valence electrons. The second-order valence-electron chi connectivity index (χ2n) is 6.25. The van der Waals surface area contributed by atoms with E-state index in [9.17, 15) is 9.90 Å². The minimum absolute atomic E-state index is 0.0210. The number of aliphatic hydroxyl groups excluding tert-OH is 1. The van der Waals surface area contributed by atoms with E-state index < -0.39 is 0 Å².